The van der Waals surface area contributed by atoms with Gasteiger partial charge in [0.2, 0.25) is 0 Å². The Kier molecular flexibility index (Phi) is 6.89. The zero-order valence-electron chi connectivity index (χ0n) is 13.9. The van der Waals surface area contributed by atoms with Crippen molar-refractivity contribution in [3.8, 4) is 0 Å². The summed E-state index contributed by atoms with van der Waals surface area (Å²) in [5.41, 5.74) is 1.26. The lowest BCUT2D eigenvalue weighted by atomic mass is 10.2. The molecule has 0 amide bonds. The summed E-state index contributed by atoms with van der Waals surface area (Å²) in [5.74, 6) is 0. The number of nitro benzene ring substituents is 1. The molecule has 0 spiro atoms. The number of rotatable bonds is 9. The van der Waals surface area contributed by atoms with Crippen molar-refractivity contribution in [3.63, 3.8) is 0 Å². The maximum Gasteiger partial charge on any atom is 0.282 e. The highest BCUT2D eigenvalue weighted by molar-refractivity contribution is 5.82. The van der Waals surface area contributed by atoms with E-state index in [1.165, 1.54) is 18.2 Å². The number of hydrogen-bond donors (Lipinski definition) is 2. The number of azo groups is 1. The smallest absolute Gasteiger partial charge is 0.282 e. The van der Waals surface area contributed by atoms with Gasteiger partial charge in [0.05, 0.1) is 35.1 Å². The normalized spacial score (nSPS) is 10.8. The Morgan fingerprint density at radius 3 is 2.12 bits per heavy atom. The summed E-state index contributed by atoms with van der Waals surface area (Å²) in [7, 11) is 0. The van der Waals surface area contributed by atoms with E-state index in [1.54, 1.807) is 24.3 Å². The Morgan fingerprint density at radius 1 is 1.00 bits per heavy atom. The van der Waals surface area contributed by atoms with Crippen LogP contribution in [-0.2, 0) is 0 Å². The minimum Gasteiger partial charge on any atom is -0.395 e. The molecule has 9 nitrogen and oxygen atoms in total. The number of carbonyl (C=O) groups is 1. The molecule has 0 aliphatic rings. The topological polar surface area (TPSA) is 129 Å². The second-order valence-corrected chi connectivity index (χ2v) is 5.27. The lowest BCUT2D eigenvalue weighted by molar-refractivity contribution is -0.385. The first kappa shape index (κ1) is 19.2. The zero-order chi connectivity index (χ0) is 18.9. The fourth-order valence-electron chi connectivity index (χ4n) is 2.31. The number of nitrogens with zero attached hydrogens (tertiary/aromatic N) is 4. The first-order chi connectivity index (χ1) is 12.6. The van der Waals surface area contributed by atoms with Crippen LogP contribution in [0.5, 0.6) is 0 Å². The maximum atomic E-state index is 10.9. The van der Waals surface area contributed by atoms with Crippen LogP contribution in [-0.4, -0.2) is 47.7 Å². The molecule has 9 heteroatoms. The van der Waals surface area contributed by atoms with Crippen molar-refractivity contribution in [1.82, 2.24) is 0 Å². The number of aliphatic hydroxyl groups excluding tert-OH is 2. The third-order valence-electron chi connectivity index (χ3n) is 3.57. The van der Waals surface area contributed by atoms with Crippen LogP contribution >= 0.6 is 0 Å². The summed E-state index contributed by atoms with van der Waals surface area (Å²) in [4.78, 5) is 22.9. The van der Waals surface area contributed by atoms with E-state index in [9.17, 15) is 14.9 Å². The molecule has 0 aliphatic carbocycles. The largest absolute Gasteiger partial charge is 0.395 e. The molecule has 0 aromatic heterocycles. The molecule has 0 saturated heterocycles. The first-order valence-corrected chi connectivity index (χ1v) is 7.81. The van der Waals surface area contributed by atoms with Crippen LogP contribution < -0.4 is 4.90 Å². The van der Waals surface area contributed by atoms with Gasteiger partial charge in [0.1, 0.15) is 0 Å². The molecule has 0 aliphatic heterocycles. The molecular formula is C17H18N4O5. The van der Waals surface area contributed by atoms with E-state index in [2.05, 4.69) is 10.2 Å². The summed E-state index contributed by atoms with van der Waals surface area (Å²) in [6.45, 7) is 0.733. The molecule has 0 radical (unpaired) electrons. The van der Waals surface area contributed by atoms with Crippen LogP contribution in [0.25, 0.3) is 0 Å². The quantitative estimate of drug-likeness (QED) is 0.307. The molecule has 0 fully saturated rings. The van der Waals surface area contributed by atoms with Gasteiger partial charge in [0.25, 0.3) is 5.69 Å². The molecule has 2 rings (SSSR count). The van der Waals surface area contributed by atoms with Crippen molar-refractivity contribution in [2.75, 3.05) is 31.2 Å². The summed E-state index contributed by atoms with van der Waals surface area (Å²) >= 11 is 0. The van der Waals surface area contributed by atoms with Crippen molar-refractivity contribution in [2.45, 2.75) is 0 Å². The van der Waals surface area contributed by atoms with Gasteiger partial charge in [-0.15, -0.1) is 0 Å². The van der Waals surface area contributed by atoms with Gasteiger partial charge in [-0.2, -0.15) is 10.2 Å². The number of hydrogen-bond acceptors (Lipinski definition) is 8. The van der Waals surface area contributed by atoms with Crippen LogP contribution in [0.15, 0.2) is 52.7 Å². The van der Waals surface area contributed by atoms with Crippen LogP contribution in [0, 0.1) is 10.1 Å². The molecule has 0 heterocycles. The lowest BCUT2D eigenvalue weighted by Gasteiger charge is -2.22. The van der Waals surface area contributed by atoms with E-state index in [1.807, 2.05) is 4.90 Å². The predicted molar refractivity (Wildman–Crippen MR) is 95.5 cm³/mol. The number of anilines is 1. The van der Waals surface area contributed by atoms with Gasteiger partial charge in [0, 0.05) is 24.8 Å². The van der Waals surface area contributed by atoms with Crippen molar-refractivity contribution in [1.29, 1.82) is 0 Å². The highest BCUT2D eigenvalue weighted by Crippen LogP contribution is 2.26. The molecule has 2 N–H and O–H groups in total. The van der Waals surface area contributed by atoms with Gasteiger partial charge in [-0.05, 0) is 36.4 Å². The summed E-state index contributed by atoms with van der Waals surface area (Å²) < 4.78 is 0. The van der Waals surface area contributed by atoms with Gasteiger partial charge in [-0.25, -0.2) is 0 Å². The van der Waals surface area contributed by atoms with Gasteiger partial charge in [-0.3, -0.25) is 14.9 Å². The van der Waals surface area contributed by atoms with Crippen molar-refractivity contribution in [2.24, 2.45) is 10.2 Å². The zero-order valence-corrected chi connectivity index (χ0v) is 13.9. The van der Waals surface area contributed by atoms with Crippen LogP contribution in [0.1, 0.15) is 10.4 Å². The minimum absolute atomic E-state index is 0.0221. The number of aliphatic hydroxyl groups is 2. The number of nitro groups is 1. The second kappa shape index (κ2) is 9.35. The molecule has 0 saturated carbocycles. The van der Waals surface area contributed by atoms with Crippen molar-refractivity contribution >= 4 is 29.0 Å². The highest BCUT2D eigenvalue weighted by Gasteiger charge is 2.13. The molecule has 2 aromatic rings. The summed E-state index contributed by atoms with van der Waals surface area (Å²) in [6.07, 6.45) is 0.419. The molecule has 26 heavy (non-hydrogen) atoms. The fraction of sp³-hybridized carbons (Fsp3) is 0.235. The maximum absolute atomic E-state index is 10.9. The van der Waals surface area contributed by atoms with Gasteiger partial charge in [0.15, 0.2) is 6.29 Å². The van der Waals surface area contributed by atoms with E-state index < -0.39 is 4.92 Å². The van der Waals surface area contributed by atoms with Gasteiger partial charge < -0.3 is 15.1 Å². The Hall–Kier alpha value is -3.17. The SMILES string of the molecule is O=Cc1ccc(N=Nc2ccc(N(CCO)CCO)cc2)cc1[N+](=O)[O-]. The van der Waals surface area contributed by atoms with Crippen LogP contribution in [0.2, 0.25) is 0 Å². The molecule has 0 atom stereocenters. The van der Waals surface area contributed by atoms with E-state index in [0.29, 0.717) is 25.1 Å². The van der Waals surface area contributed by atoms with E-state index in [-0.39, 0.29) is 30.2 Å². The Morgan fingerprint density at radius 2 is 1.58 bits per heavy atom. The minimum atomic E-state index is -0.644. The molecule has 136 valence electrons. The average molecular weight is 358 g/mol. The van der Waals surface area contributed by atoms with Crippen molar-refractivity contribution < 1.29 is 19.9 Å². The average Bonchev–Trinajstić information content (AvgIpc) is 2.66. The Labute approximate surface area is 149 Å². The predicted octanol–water partition coefficient (Wildman–Crippen LogP) is 2.61. The van der Waals surface area contributed by atoms with Crippen LogP contribution in [0.4, 0.5) is 22.7 Å². The monoisotopic (exact) mass is 358 g/mol. The molecule has 0 unspecified atom stereocenters. The Bertz CT molecular complexity index is 786. The highest BCUT2D eigenvalue weighted by atomic mass is 16.6. The first-order valence-electron chi connectivity index (χ1n) is 7.81. The summed E-state index contributed by atoms with van der Waals surface area (Å²) in [6, 6.07) is 10.9. The van der Waals surface area contributed by atoms with Gasteiger partial charge >= 0.3 is 0 Å². The molecule has 2 aromatic carbocycles. The standard InChI is InChI=1S/C17H18N4O5/c22-9-7-20(8-10-23)16-5-3-14(4-6-16)18-19-15-2-1-13(12-24)17(11-15)21(25)26/h1-6,11-12,22-23H,7-10H2. The number of carbonyl (C=O) groups excluding carboxylic acids is 1. The van der Waals surface area contributed by atoms with Crippen molar-refractivity contribution in [3.05, 3.63) is 58.1 Å². The summed E-state index contributed by atoms with van der Waals surface area (Å²) in [5, 5.41) is 37.0. The van der Waals surface area contributed by atoms with E-state index in [0.717, 1.165) is 5.69 Å². The molecular weight excluding hydrogens is 340 g/mol. The van der Waals surface area contributed by atoms with E-state index in [4.69, 9.17) is 10.2 Å². The third kappa shape index (κ3) is 4.91. The second-order valence-electron chi connectivity index (χ2n) is 5.27. The number of benzene rings is 2. The van der Waals surface area contributed by atoms with Crippen LogP contribution in [0.3, 0.4) is 0 Å². The number of aldehydes is 1. The fourth-order valence-corrected chi connectivity index (χ4v) is 2.31. The molecule has 0 bridgehead atoms. The third-order valence-corrected chi connectivity index (χ3v) is 3.57. The lowest BCUT2D eigenvalue weighted by Crippen LogP contribution is -2.29. The van der Waals surface area contributed by atoms with E-state index >= 15 is 0 Å². The van der Waals surface area contributed by atoms with Gasteiger partial charge in [-0.1, -0.05) is 0 Å². The Balaban J connectivity index is 2.17.